The third-order valence-electron chi connectivity index (χ3n) is 5.26. The molecule has 0 radical (unpaired) electrons. The van der Waals surface area contributed by atoms with Gasteiger partial charge in [-0.05, 0) is 44.7 Å². The molecule has 1 aliphatic rings. The molecule has 0 aliphatic heterocycles. The van der Waals surface area contributed by atoms with Crippen LogP contribution in [0.3, 0.4) is 0 Å². The van der Waals surface area contributed by atoms with Gasteiger partial charge in [0.25, 0.3) is 0 Å². The number of aliphatic hydroxyl groups excluding tert-OH is 1. The summed E-state index contributed by atoms with van der Waals surface area (Å²) in [5, 5.41) is 11.0. The Bertz CT molecular complexity index is 215. The number of aliphatic hydroxyl groups is 1. The van der Waals surface area contributed by atoms with Crippen molar-refractivity contribution in [2.75, 3.05) is 13.1 Å². The minimum atomic E-state index is -0.146. The Hall–Kier alpha value is -0.0800. The maximum atomic E-state index is 11.0. The average molecular weight is 255 g/mol. The molecule has 2 heteroatoms. The van der Waals surface area contributed by atoms with Gasteiger partial charge in [0.2, 0.25) is 0 Å². The van der Waals surface area contributed by atoms with E-state index in [1.807, 2.05) is 0 Å². The molecule has 0 aromatic carbocycles. The van der Waals surface area contributed by atoms with Crippen LogP contribution >= 0.6 is 0 Å². The van der Waals surface area contributed by atoms with Crippen LogP contribution in [0.4, 0.5) is 0 Å². The molecule has 1 rings (SSSR count). The molecule has 2 nitrogen and oxygen atoms in total. The molecule has 0 saturated heterocycles. The van der Waals surface area contributed by atoms with E-state index in [4.69, 9.17) is 0 Å². The third kappa shape index (κ3) is 3.08. The Balaban J connectivity index is 2.86. The number of hydrogen-bond acceptors (Lipinski definition) is 2. The van der Waals surface area contributed by atoms with E-state index in [0.29, 0.717) is 5.92 Å². The maximum absolute atomic E-state index is 11.0. The summed E-state index contributed by atoms with van der Waals surface area (Å²) in [4.78, 5) is 2.49. The van der Waals surface area contributed by atoms with Gasteiger partial charge in [0.15, 0.2) is 0 Å². The van der Waals surface area contributed by atoms with Gasteiger partial charge in [-0.2, -0.15) is 0 Å². The van der Waals surface area contributed by atoms with Crippen LogP contribution in [0.2, 0.25) is 0 Å². The molecule has 1 aliphatic carbocycles. The van der Waals surface area contributed by atoms with Crippen molar-refractivity contribution in [3.05, 3.63) is 0 Å². The van der Waals surface area contributed by atoms with Gasteiger partial charge < -0.3 is 5.11 Å². The van der Waals surface area contributed by atoms with Crippen molar-refractivity contribution in [3.8, 4) is 0 Å². The summed E-state index contributed by atoms with van der Waals surface area (Å²) in [5.41, 5.74) is 0.00546. The molecule has 1 N–H and O–H groups in total. The van der Waals surface area contributed by atoms with E-state index in [0.717, 1.165) is 25.9 Å². The Kier molecular flexibility index (Phi) is 6.65. The van der Waals surface area contributed by atoms with Crippen LogP contribution in [0, 0.1) is 5.92 Å². The molecular weight excluding hydrogens is 222 g/mol. The molecule has 1 saturated carbocycles. The summed E-state index contributed by atoms with van der Waals surface area (Å²) in [6.45, 7) is 11.0. The van der Waals surface area contributed by atoms with Crippen LogP contribution < -0.4 is 0 Å². The van der Waals surface area contributed by atoms with Crippen LogP contribution in [0.15, 0.2) is 0 Å². The third-order valence-corrected chi connectivity index (χ3v) is 5.26. The highest BCUT2D eigenvalue weighted by atomic mass is 16.3. The Labute approximate surface area is 114 Å². The quantitative estimate of drug-likeness (QED) is 0.747. The van der Waals surface area contributed by atoms with Crippen LogP contribution in [0.1, 0.15) is 72.6 Å². The van der Waals surface area contributed by atoms with Crippen LogP contribution in [-0.4, -0.2) is 34.7 Å². The Morgan fingerprint density at radius 3 is 1.89 bits per heavy atom. The van der Waals surface area contributed by atoms with E-state index < -0.39 is 0 Å². The summed E-state index contributed by atoms with van der Waals surface area (Å²) in [7, 11) is 0. The van der Waals surface area contributed by atoms with Crippen molar-refractivity contribution in [1.82, 2.24) is 4.90 Å². The molecule has 1 unspecified atom stereocenters. The van der Waals surface area contributed by atoms with Gasteiger partial charge in [-0.25, -0.2) is 0 Å². The molecule has 0 amide bonds. The molecule has 1 atom stereocenters. The molecule has 1 fully saturated rings. The number of nitrogens with zero attached hydrogens (tertiary/aromatic N) is 1. The van der Waals surface area contributed by atoms with E-state index in [1.165, 1.54) is 32.1 Å². The van der Waals surface area contributed by atoms with Gasteiger partial charge in [-0.15, -0.1) is 0 Å². The average Bonchev–Trinajstić information content (AvgIpc) is 2.45. The van der Waals surface area contributed by atoms with Crippen LogP contribution in [-0.2, 0) is 0 Å². The van der Waals surface area contributed by atoms with Gasteiger partial charge in [0, 0.05) is 5.54 Å². The lowest BCUT2D eigenvalue weighted by atomic mass is 9.73. The van der Waals surface area contributed by atoms with Crippen molar-refractivity contribution in [2.45, 2.75) is 84.3 Å². The second-order valence-electron chi connectivity index (χ2n) is 5.83. The molecule has 18 heavy (non-hydrogen) atoms. The predicted octanol–water partition coefficient (Wildman–Crippen LogP) is 3.83. The smallest absolute Gasteiger partial charge is 0.0751 e. The minimum Gasteiger partial charge on any atom is -0.391 e. The second kappa shape index (κ2) is 7.49. The molecule has 0 aromatic heterocycles. The zero-order valence-corrected chi connectivity index (χ0v) is 12.9. The highest BCUT2D eigenvalue weighted by Crippen LogP contribution is 2.37. The molecule has 0 aromatic rings. The summed E-state index contributed by atoms with van der Waals surface area (Å²) in [6.07, 6.45) is 8.40. The van der Waals surface area contributed by atoms with Crippen LogP contribution in [0.5, 0.6) is 0 Å². The predicted molar refractivity (Wildman–Crippen MR) is 78.8 cm³/mol. The van der Waals surface area contributed by atoms with Gasteiger partial charge in [0.05, 0.1) is 6.10 Å². The molecule has 108 valence electrons. The van der Waals surface area contributed by atoms with Crippen molar-refractivity contribution < 1.29 is 5.11 Å². The Morgan fingerprint density at radius 2 is 1.50 bits per heavy atom. The minimum absolute atomic E-state index is 0.00546. The SMILES string of the molecule is CCN(CC)C(CC)(CC)C(O)C1CCCCC1. The standard InChI is InChI=1S/C16H33NO/c1-5-16(6-2,17(7-3)8-4)15(18)14-12-10-9-11-13-14/h14-15,18H,5-13H2,1-4H3. The second-order valence-corrected chi connectivity index (χ2v) is 5.83. The van der Waals surface area contributed by atoms with E-state index in [-0.39, 0.29) is 11.6 Å². The first-order chi connectivity index (χ1) is 8.66. The van der Waals surface area contributed by atoms with Gasteiger partial charge in [-0.1, -0.05) is 47.0 Å². The summed E-state index contributed by atoms with van der Waals surface area (Å²) >= 11 is 0. The highest BCUT2D eigenvalue weighted by molar-refractivity contribution is 4.97. The van der Waals surface area contributed by atoms with E-state index in [1.54, 1.807) is 0 Å². The Morgan fingerprint density at radius 1 is 1.00 bits per heavy atom. The van der Waals surface area contributed by atoms with Crippen molar-refractivity contribution in [2.24, 2.45) is 5.92 Å². The van der Waals surface area contributed by atoms with Gasteiger partial charge in [-0.3, -0.25) is 4.90 Å². The molecule has 0 spiro atoms. The molecule has 0 heterocycles. The normalized spacial score (nSPS) is 20.3. The lowest BCUT2D eigenvalue weighted by molar-refractivity contribution is -0.0714. The summed E-state index contributed by atoms with van der Waals surface area (Å²) in [5.74, 6) is 0.527. The van der Waals surface area contributed by atoms with E-state index in [2.05, 4.69) is 32.6 Å². The van der Waals surface area contributed by atoms with Crippen LogP contribution in [0.25, 0.3) is 0 Å². The largest absolute Gasteiger partial charge is 0.391 e. The van der Waals surface area contributed by atoms with Crippen molar-refractivity contribution >= 4 is 0 Å². The monoisotopic (exact) mass is 255 g/mol. The van der Waals surface area contributed by atoms with E-state index in [9.17, 15) is 5.11 Å². The number of hydrogen-bond donors (Lipinski definition) is 1. The zero-order valence-electron chi connectivity index (χ0n) is 12.9. The first kappa shape index (κ1) is 16.0. The van der Waals surface area contributed by atoms with Gasteiger partial charge in [0.1, 0.15) is 0 Å². The molecule has 0 bridgehead atoms. The summed E-state index contributed by atoms with van der Waals surface area (Å²) in [6, 6.07) is 0. The van der Waals surface area contributed by atoms with E-state index >= 15 is 0 Å². The lowest BCUT2D eigenvalue weighted by Crippen LogP contribution is -2.58. The first-order valence-corrected chi connectivity index (χ1v) is 8.09. The van der Waals surface area contributed by atoms with Crippen molar-refractivity contribution in [1.29, 1.82) is 0 Å². The first-order valence-electron chi connectivity index (χ1n) is 8.09. The lowest BCUT2D eigenvalue weighted by Gasteiger charge is -2.49. The maximum Gasteiger partial charge on any atom is 0.0751 e. The fourth-order valence-electron chi connectivity index (χ4n) is 4.04. The fourth-order valence-corrected chi connectivity index (χ4v) is 4.04. The number of rotatable bonds is 7. The summed E-state index contributed by atoms with van der Waals surface area (Å²) < 4.78 is 0. The zero-order chi connectivity index (χ0) is 13.6. The fraction of sp³-hybridized carbons (Fsp3) is 1.00. The molecular formula is C16H33NO. The number of likely N-dealkylation sites (N-methyl/N-ethyl adjacent to an activating group) is 1. The van der Waals surface area contributed by atoms with Gasteiger partial charge >= 0.3 is 0 Å². The highest BCUT2D eigenvalue weighted by Gasteiger charge is 2.42. The topological polar surface area (TPSA) is 23.5 Å². The van der Waals surface area contributed by atoms with Crippen molar-refractivity contribution in [3.63, 3.8) is 0 Å².